The van der Waals surface area contributed by atoms with Crippen molar-refractivity contribution in [3.8, 4) is 0 Å². The SMILES string of the molecule is C[C@]12CC[C@@H]3C(=C1C=C(F)C2N)C(O)CC1CC(O)C=C[C@@]13C. The molecule has 3 nitrogen and oxygen atoms in total. The fraction of sp³-hybridized carbons (Fsp3) is 0.684. The van der Waals surface area contributed by atoms with Gasteiger partial charge < -0.3 is 15.9 Å². The van der Waals surface area contributed by atoms with E-state index < -0.39 is 23.7 Å². The maximum Gasteiger partial charge on any atom is 0.118 e. The van der Waals surface area contributed by atoms with Crippen LogP contribution >= 0.6 is 0 Å². The lowest BCUT2D eigenvalue weighted by Crippen LogP contribution is -2.51. The minimum atomic E-state index is -0.590. The number of hydrogen-bond donors (Lipinski definition) is 3. The van der Waals surface area contributed by atoms with E-state index in [1.807, 2.05) is 13.0 Å². The Morgan fingerprint density at radius 1 is 1.26 bits per heavy atom. The molecule has 0 radical (unpaired) electrons. The van der Waals surface area contributed by atoms with Gasteiger partial charge in [0.05, 0.1) is 18.2 Å². The van der Waals surface area contributed by atoms with Crippen LogP contribution in [0.5, 0.6) is 0 Å². The third-order valence-electron chi connectivity index (χ3n) is 7.22. The highest BCUT2D eigenvalue weighted by atomic mass is 19.1. The van der Waals surface area contributed by atoms with Gasteiger partial charge in [-0.25, -0.2) is 4.39 Å². The zero-order chi connectivity index (χ0) is 16.6. The summed E-state index contributed by atoms with van der Waals surface area (Å²) in [6.45, 7) is 4.26. The molecule has 0 amide bonds. The largest absolute Gasteiger partial charge is 0.389 e. The van der Waals surface area contributed by atoms with Crippen LogP contribution in [0.3, 0.4) is 0 Å². The number of aliphatic hydroxyl groups excluding tert-OH is 2. The molecule has 4 rings (SSSR count). The molecule has 0 bridgehead atoms. The van der Waals surface area contributed by atoms with Crippen molar-refractivity contribution in [1.29, 1.82) is 0 Å². The summed E-state index contributed by atoms with van der Waals surface area (Å²) < 4.78 is 14.2. The summed E-state index contributed by atoms with van der Waals surface area (Å²) in [6.07, 6.45) is 7.73. The Kier molecular flexibility index (Phi) is 3.23. The first-order valence-electron chi connectivity index (χ1n) is 8.70. The first kappa shape index (κ1) is 15.6. The Labute approximate surface area is 136 Å². The molecule has 4 aliphatic carbocycles. The molecule has 23 heavy (non-hydrogen) atoms. The predicted molar refractivity (Wildman–Crippen MR) is 87.0 cm³/mol. The average molecular weight is 319 g/mol. The van der Waals surface area contributed by atoms with Crippen molar-refractivity contribution in [2.24, 2.45) is 28.4 Å². The third-order valence-corrected chi connectivity index (χ3v) is 7.22. The lowest BCUT2D eigenvalue weighted by atomic mass is 9.50. The van der Waals surface area contributed by atoms with Crippen LogP contribution in [0.15, 0.2) is 35.2 Å². The van der Waals surface area contributed by atoms with Gasteiger partial charge in [-0.05, 0) is 60.2 Å². The Morgan fingerprint density at radius 3 is 2.74 bits per heavy atom. The molecule has 0 aromatic rings. The summed E-state index contributed by atoms with van der Waals surface area (Å²) in [5.74, 6) is 0.210. The first-order valence-corrected chi connectivity index (χ1v) is 8.70. The van der Waals surface area contributed by atoms with Crippen LogP contribution in [0.25, 0.3) is 0 Å². The van der Waals surface area contributed by atoms with E-state index in [-0.39, 0.29) is 23.1 Å². The number of allylic oxidation sites excluding steroid dienone is 2. The number of aliphatic hydroxyl groups is 2. The van der Waals surface area contributed by atoms with E-state index in [2.05, 4.69) is 13.0 Å². The first-order chi connectivity index (χ1) is 10.8. The smallest absolute Gasteiger partial charge is 0.118 e. The molecule has 4 aliphatic rings. The van der Waals surface area contributed by atoms with Gasteiger partial charge in [-0.1, -0.05) is 26.0 Å². The van der Waals surface area contributed by atoms with Gasteiger partial charge >= 0.3 is 0 Å². The Bertz CT molecular complexity index is 639. The standard InChI is InChI=1S/C19H26FNO2/c1-18-5-3-11(22)7-10(18)8-15(23)16-12(18)4-6-19(2)13(16)9-14(20)17(19)21/h3,5,9-12,15,17,22-23H,4,6-8,21H2,1-2H3/t10?,11?,12-,15?,17?,18+,19+/m1/s1. The molecule has 4 unspecified atom stereocenters. The van der Waals surface area contributed by atoms with Crippen molar-refractivity contribution in [2.75, 3.05) is 0 Å². The highest BCUT2D eigenvalue weighted by molar-refractivity contribution is 5.49. The fourth-order valence-electron chi connectivity index (χ4n) is 5.64. The van der Waals surface area contributed by atoms with Crippen LogP contribution in [-0.4, -0.2) is 28.5 Å². The van der Waals surface area contributed by atoms with Crippen LogP contribution < -0.4 is 5.73 Å². The monoisotopic (exact) mass is 319 g/mol. The molecular weight excluding hydrogens is 293 g/mol. The normalized spacial score (nSPS) is 51.9. The van der Waals surface area contributed by atoms with Gasteiger partial charge in [0.1, 0.15) is 5.83 Å². The molecular formula is C19H26FNO2. The number of halogens is 1. The van der Waals surface area contributed by atoms with E-state index in [0.717, 1.165) is 24.0 Å². The van der Waals surface area contributed by atoms with Crippen molar-refractivity contribution in [2.45, 2.75) is 57.8 Å². The van der Waals surface area contributed by atoms with Crippen molar-refractivity contribution in [3.05, 3.63) is 35.2 Å². The molecule has 0 aliphatic heterocycles. The van der Waals surface area contributed by atoms with Gasteiger partial charge in [0, 0.05) is 5.41 Å². The van der Waals surface area contributed by atoms with Gasteiger partial charge in [-0.2, -0.15) is 0 Å². The van der Waals surface area contributed by atoms with Gasteiger partial charge in [0.2, 0.25) is 0 Å². The molecule has 0 aromatic heterocycles. The minimum absolute atomic E-state index is 0.0703. The van der Waals surface area contributed by atoms with E-state index in [1.165, 1.54) is 0 Å². The number of rotatable bonds is 0. The summed E-state index contributed by atoms with van der Waals surface area (Å²) >= 11 is 0. The van der Waals surface area contributed by atoms with Gasteiger partial charge in [-0.15, -0.1) is 0 Å². The molecule has 0 spiro atoms. The van der Waals surface area contributed by atoms with Crippen molar-refractivity contribution >= 4 is 0 Å². The second-order valence-electron chi connectivity index (χ2n) is 8.36. The van der Waals surface area contributed by atoms with Crippen LogP contribution in [0.1, 0.15) is 39.5 Å². The van der Waals surface area contributed by atoms with Crippen molar-refractivity contribution in [1.82, 2.24) is 0 Å². The highest BCUT2D eigenvalue weighted by Gasteiger charge is 2.56. The third kappa shape index (κ3) is 1.92. The highest BCUT2D eigenvalue weighted by Crippen LogP contribution is 2.61. The second-order valence-corrected chi connectivity index (χ2v) is 8.36. The molecule has 1 fully saturated rings. The topological polar surface area (TPSA) is 66.5 Å². The van der Waals surface area contributed by atoms with Gasteiger partial charge in [0.15, 0.2) is 0 Å². The lowest BCUT2D eigenvalue weighted by molar-refractivity contribution is -0.000762. The maximum atomic E-state index is 14.2. The number of hydrogen-bond acceptors (Lipinski definition) is 3. The maximum absolute atomic E-state index is 14.2. The Hall–Kier alpha value is -0.970. The minimum Gasteiger partial charge on any atom is -0.389 e. The second kappa shape index (κ2) is 4.78. The summed E-state index contributed by atoms with van der Waals surface area (Å²) in [5, 5.41) is 20.8. The van der Waals surface area contributed by atoms with Crippen LogP contribution in [0, 0.1) is 22.7 Å². The summed E-state index contributed by atoms with van der Waals surface area (Å²) in [7, 11) is 0. The quantitative estimate of drug-likeness (QED) is 0.601. The van der Waals surface area contributed by atoms with Crippen LogP contribution in [-0.2, 0) is 0 Å². The van der Waals surface area contributed by atoms with Crippen LogP contribution in [0.2, 0.25) is 0 Å². The molecule has 0 heterocycles. The van der Waals surface area contributed by atoms with E-state index >= 15 is 0 Å². The number of fused-ring (bicyclic) bond motifs is 4. The van der Waals surface area contributed by atoms with E-state index in [9.17, 15) is 14.6 Å². The molecule has 0 aromatic carbocycles. The molecule has 7 atom stereocenters. The van der Waals surface area contributed by atoms with Gasteiger partial charge in [0.25, 0.3) is 0 Å². The molecule has 4 N–H and O–H groups in total. The summed E-state index contributed by atoms with van der Waals surface area (Å²) in [5.41, 5.74) is 7.59. The molecule has 0 saturated heterocycles. The van der Waals surface area contributed by atoms with E-state index in [1.54, 1.807) is 6.08 Å². The van der Waals surface area contributed by atoms with E-state index in [4.69, 9.17) is 5.73 Å². The molecule has 126 valence electrons. The van der Waals surface area contributed by atoms with Gasteiger partial charge in [-0.3, -0.25) is 0 Å². The molecule has 1 saturated carbocycles. The summed E-state index contributed by atoms with van der Waals surface area (Å²) in [6, 6.07) is -0.590. The Morgan fingerprint density at radius 2 is 2.00 bits per heavy atom. The summed E-state index contributed by atoms with van der Waals surface area (Å²) in [4.78, 5) is 0. The van der Waals surface area contributed by atoms with Crippen LogP contribution in [0.4, 0.5) is 4.39 Å². The average Bonchev–Trinajstić information content (AvgIpc) is 2.73. The van der Waals surface area contributed by atoms with E-state index in [0.29, 0.717) is 12.8 Å². The van der Waals surface area contributed by atoms with Crippen molar-refractivity contribution < 1.29 is 14.6 Å². The Balaban J connectivity index is 1.86. The lowest BCUT2D eigenvalue weighted by Gasteiger charge is -2.55. The van der Waals surface area contributed by atoms with Crippen molar-refractivity contribution in [3.63, 3.8) is 0 Å². The predicted octanol–water partition coefficient (Wildman–Crippen LogP) is 2.60. The zero-order valence-electron chi connectivity index (χ0n) is 13.8. The number of nitrogens with two attached hydrogens (primary N) is 1. The fourth-order valence-corrected chi connectivity index (χ4v) is 5.64. The molecule has 4 heteroatoms. The zero-order valence-corrected chi connectivity index (χ0v) is 13.8.